The van der Waals surface area contributed by atoms with Crippen molar-refractivity contribution in [3.8, 4) is 0 Å². The minimum Gasteiger partial charge on any atom is -0.454 e. The minimum atomic E-state index is -3.78. The van der Waals surface area contributed by atoms with E-state index in [0.29, 0.717) is 18.7 Å². The van der Waals surface area contributed by atoms with Gasteiger partial charge in [0.2, 0.25) is 0 Å². The van der Waals surface area contributed by atoms with Gasteiger partial charge in [0.1, 0.15) is 6.61 Å². The number of ether oxygens (including phenoxy) is 1. The van der Waals surface area contributed by atoms with Crippen LogP contribution in [0.2, 0.25) is 0 Å². The van der Waals surface area contributed by atoms with Crippen molar-refractivity contribution in [3.05, 3.63) is 59.7 Å². The number of benzene rings is 2. The number of carbonyl (C=O) groups is 2. The number of esters is 1. The Morgan fingerprint density at radius 3 is 2.64 bits per heavy atom. The Labute approximate surface area is 146 Å². The standard InChI is InChI=1S/C18H17NO5S/c1-13(20)12-24-18(21)15-6-4-7-16(11-15)25(22,23)19-10-9-14-5-2-3-8-17(14)19/h2-8,11H,9-10,12H2,1H3. The Morgan fingerprint density at radius 1 is 1.12 bits per heavy atom. The van der Waals surface area contributed by atoms with Crippen LogP contribution in [0.15, 0.2) is 53.4 Å². The topological polar surface area (TPSA) is 80.8 Å². The molecule has 1 aliphatic rings. The van der Waals surface area contributed by atoms with Gasteiger partial charge in [0, 0.05) is 6.54 Å². The maximum absolute atomic E-state index is 13.0. The summed E-state index contributed by atoms with van der Waals surface area (Å²) in [5.41, 5.74) is 1.73. The summed E-state index contributed by atoms with van der Waals surface area (Å²) in [5, 5.41) is 0. The first-order chi connectivity index (χ1) is 11.9. The molecule has 0 saturated carbocycles. The van der Waals surface area contributed by atoms with Gasteiger partial charge in [-0.2, -0.15) is 0 Å². The highest BCUT2D eigenvalue weighted by Crippen LogP contribution is 2.32. The summed E-state index contributed by atoms with van der Waals surface area (Å²) in [4.78, 5) is 22.9. The molecule has 0 N–H and O–H groups in total. The highest BCUT2D eigenvalue weighted by Gasteiger charge is 2.31. The molecule has 0 fully saturated rings. The van der Waals surface area contributed by atoms with Gasteiger partial charge in [0.25, 0.3) is 10.0 Å². The van der Waals surface area contributed by atoms with Crippen LogP contribution in [-0.4, -0.2) is 33.3 Å². The Hall–Kier alpha value is -2.67. The Bertz CT molecular complexity index is 936. The number of rotatable bonds is 5. The molecule has 2 aromatic carbocycles. The smallest absolute Gasteiger partial charge is 0.338 e. The number of fused-ring (bicyclic) bond motifs is 1. The maximum Gasteiger partial charge on any atom is 0.338 e. The van der Waals surface area contributed by atoms with E-state index in [-0.39, 0.29) is 22.8 Å². The maximum atomic E-state index is 13.0. The number of para-hydroxylation sites is 1. The van der Waals surface area contributed by atoms with E-state index < -0.39 is 16.0 Å². The van der Waals surface area contributed by atoms with Crippen LogP contribution in [0.25, 0.3) is 0 Å². The van der Waals surface area contributed by atoms with E-state index in [1.165, 1.54) is 35.5 Å². The number of nitrogens with zero attached hydrogens (tertiary/aromatic N) is 1. The minimum absolute atomic E-state index is 0.0153. The van der Waals surface area contributed by atoms with Crippen molar-refractivity contribution in [1.82, 2.24) is 0 Å². The summed E-state index contributed by atoms with van der Waals surface area (Å²) in [6.07, 6.45) is 0.649. The number of anilines is 1. The molecule has 3 rings (SSSR count). The van der Waals surface area contributed by atoms with E-state index in [0.717, 1.165) is 5.56 Å². The van der Waals surface area contributed by atoms with E-state index >= 15 is 0 Å². The fourth-order valence-corrected chi connectivity index (χ4v) is 4.27. The first kappa shape index (κ1) is 17.2. The van der Waals surface area contributed by atoms with Crippen LogP contribution in [0, 0.1) is 0 Å². The number of carbonyl (C=O) groups excluding carboxylic acids is 2. The molecule has 0 aliphatic carbocycles. The molecule has 1 aliphatic heterocycles. The lowest BCUT2D eigenvalue weighted by atomic mass is 10.2. The van der Waals surface area contributed by atoms with Gasteiger partial charge in [0.15, 0.2) is 5.78 Å². The molecule has 0 amide bonds. The number of hydrogen-bond donors (Lipinski definition) is 0. The highest BCUT2D eigenvalue weighted by molar-refractivity contribution is 7.92. The van der Waals surface area contributed by atoms with Crippen LogP contribution < -0.4 is 4.31 Å². The molecule has 0 radical (unpaired) electrons. The average Bonchev–Trinajstić information content (AvgIpc) is 3.04. The van der Waals surface area contributed by atoms with Gasteiger partial charge in [-0.3, -0.25) is 9.10 Å². The molecule has 25 heavy (non-hydrogen) atoms. The van der Waals surface area contributed by atoms with Crippen LogP contribution in [0.3, 0.4) is 0 Å². The van der Waals surface area contributed by atoms with Crippen molar-refractivity contribution in [2.45, 2.75) is 18.2 Å². The van der Waals surface area contributed by atoms with E-state index in [2.05, 4.69) is 0 Å². The van der Waals surface area contributed by atoms with Gasteiger partial charge in [0.05, 0.1) is 16.1 Å². The Balaban J connectivity index is 1.90. The first-order valence-electron chi connectivity index (χ1n) is 7.77. The van der Waals surface area contributed by atoms with Crippen molar-refractivity contribution >= 4 is 27.5 Å². The molecule has 6 nitrogen and oxygen atoms in total. The quantitative estimate of drug-likeness (QED) is 0.765. The zero-order valence-corrected chi connectivity index (χ0v) is 14.5. The van der Waals surface area contributed by atoms with Crippen molar-refractivity contribution in [2.24, 2.45) is 0 Å². The fraction of sp³-hybridized carbons (Fsp3) is 0.222. The highest BCUT2D eigenvalue weighted by atomic mass is 32.2. The molecule has 0 bridgehead atoms. The Morgan fingerprint density at radius 2 is 1.88 bits per heavy atom. The summed E-state index contributed by atoms with van der Waals surface area (Å²) in [6.45, 7) is 1.33. The van der Waals surface area contributed by atoms with Crippen molar-refractivity contribution in [3.63, 3.8) is 0 Å². The predicted molar refractivity (Wildman–Crippen MR) is 92.1 cm³/mol. The van der Waals surface area contributed by atoms with Crippen molar-refractivity contribution in [1.29, 1.82) is 0 Å². The Kier molecular flexibility index (Phi) is 4.59. The van der Waals surface area contributed by atoms with Crippen molar-refractivity contribution in [2.75, 3.05) is 17.5 Å². The van der Waals surface area contributed by atoms with Gasteiger partial charge >= 0.3 is 5.97 Å². The fourth-order valence-electron chi connectivity index (χ4n) is 2.72. The van der Waals surface area contributed by atoms with Crippen LogP contribution in [0.5, 0.6) is 0 Å². The third kappa shape index (κ3) is 3.41. The predicted octanol–water partition coefficient (Wildman–Crippen LogP) is 2.18. The third-order valence-corrected chi connectivity index (χ3v) is 5.72. The van der Waals surface area contributed by atoms with E-state index in [4.69, 9.17) is 4.74 Å². The number of Topliss-reactive ketones (excluding diaryl/α,β-unsaturated/α-hetero) is 1. The largest absolute Gasteiger partial charge is 0.454 e. The average molecular weight is 359 g/mol. The van der Waals surface area contributed by atoms with Gasteiger partial charge in [-0.15, -0.1) is 0 Å². The summed E-state index contributed by atoms with van der Waals surface area (Å²) >= 11 is 0. The molecule has 0 spiro atoms. The monoisotopic (exact) mass is 359 g/mol. The van der Waals surface area contributed by atoms with Crippen LogP contribution in [0.4, 0.5) is 5.69 Å². The third-order valence-electron chi connectivity index (χ3n) is 3.91. The second-order valence-corrected chi connectivity index (χ2v) is 7.62. The summed E-state index contributed by atoms with van der Waals surface area (Å²) in [5.74, 6) is -1.01. The lowest BCUT2D eigenvalue weighted by Crippen LogP contribution is -2.29. The number of hydrogen-bond acceptors (Lipinski definition) is 5. The molecule has 0 saturated heterocycles. The molecule has 7 heteroatoms. The van der Waals surface area contributed by atoms with Gasteiger partial charge in [-0.25, -0.2) is 13.2 Å². The lowest BCUT2D eigenvalue weighted by molar-refractivity contribution is -0.120. The molecule has 1 heterocycles. The normalized spacial score (nSPS) is 13.4. The van der Waals surface area contributed by atoms with E-state index in [9.17, 15) is 18.0 Å². The zero-order valence-electron chi connectivity index (χ0n) is 13.6. The SMILES string of the molecule is CC(=O)COC(=O)c1cccc(S(=O)(=O)N2CCc3ccccc32)c1. The van der Waals surface area contributed by atoms with Crippen molar-refractivity contribution < 1.29 is 22.7 Å². The van der Waals surface area contributed by atoms with Gasteiger partial charge in [-0.05, 0) is 43.2 Å². The van der Waals surface area contributed by atoms with Crippen LogP contribution in [-0.2, 0) is 26.0 Å². The molecular weight excluding hydrogens is 342 g/mol. The molecule has 0 atom stereocenters. The zero-order chi connectivity index (χ0) is 18.0. The van der Waals surface area contributed by atoms with Gasteiger partial charge < -0.3 is 4.74 Å². The second-order valence-electron chi connectivity index (χ2n) is 5.76. The molecule has 2 aromatic rings. The second kappa shape index (κ2) is 6.68. The van der Waals surface area contributed by atoms with E-state index in [1.54, 1.807) is 12.1 Å². The van der Waals surface area contributed by atoms with Gasteiger partial charge in [-0.1, -0.05) is 24.3 Å². The summed E-state index contributed by atoms with van der Waals surface area (Å²) < 4.78 is 32.1. The molecular formula is C18H17NO5S. The number of ketones is 1. The molecule has 130 valence electrons. The number of sulfonamides is 1. The van der Waals surface area contributed by atoms with Crippen LogP contribution >= 0.6 is 0 Å². The summed E-state index contributed by atoms with van der Waals surface area (Å²) in [6, 6.07) is 13.0. The van der Waals surface area contributed by atoms with E-state index in [1.807, 2.05) is 12.1 Å². The molecule has 0 unspecified atom stereocenters. The first-order valence-corrected chi connectivity index (χ1v) is 9.21. The summed E-state index contributed by atoms with van der Waals surface area (Å²) in [7, 11) is -3.78. The van der Waals surface area contributed by atoms with Crippen LogP contribution in [0.1, 0.15) is 22.8 Å². The lowest BCUT2D eigenvalue weighted by Gasteiger charge is -2.19. The molecule has 0 aromatic heterocycles.